The van der Waals surface area contributed by atoms with Crippen molar-refractivity contribution in [3.05, 3.63) is 20.8 Å². The molecule has 0 spiro atoms. The molecule has 0 bridgehead atoms. The Kier molecular flexibility index (Phi) is 4.41. The molecule has 90 valence electrons. The number of hydrogen-bond acceptors (Lipinski definition) is 3. The van der Waals surface area contributed by atoms with Crippen LogP contribution in [0.25, 0.3) is 0 Å². The molecule has 0 unspecified atom stereocenters. The highest BCUT2D eigenvalue weighted by atomic mass is 79.9. The van der Waals surface area contributed by atoms with Crippen molar-refractivity contribution in [3.63, 3.8) is 0 Å². The average Bonchev–Trinajstić information content (AvgIpc) is 2.62. The van der Waals surface area contributed by atoms with E-state index < -0.39 is 0 Å². The van der Waals surface area contributed by atoms with Crippen LogP contribution in [0.15, 0.2) is 15.9 Å². The molecule has 2 rings (SSSR count). The second-order valence-corrected chi connectivity index (χ2v) is 6.53. The lowest BCUT2D eigenvalue weighted by molar-refractivity contribution is 0.130. The maximum absolute atomic E-state index is 5.84. The largest absolute Gasteiger partial charge is 0.330 e. The van der Waals surface area contributed by atoms with Gasteiger partial charge in [-0.3, -0.25) is 0 Å². The molecule has 1 saturated carbocycles. The first-order valence-corrected chi connectivity index (χ1v) is 7.56. The predicted octanol–water partition coefficient (Wildman–Crippen LogP) is 3.12. The highest BCUT2D eigenvalue weighted by Gasteiger charge is 2.34. The van der Waals surface area contributed by atoms with Gasteiger partial charge in [0.2, 0.25) is 0 Å². The number of thiophene rings is 1. The Morgan fingerprint density at radius 2 is 2.31 bits per heavy atom. The standard InChI is InChI=1S/C12H19BrN2S/c13-10-2-7-16-11(10)8-15-6-5-12(9-14)3-1-4-12/h2,7,15H,1,3-6,8-9,14H2. The van der Waals surface area contributed by atoms with Crippen LogP contribution in [0.4, 0.5) is 0 Å². The number of hydrogen-bond donors (Lipinski definition) is 2. The zero-order chi connectivity index (χ0) is 11.4. The Bertz CT molecular complexity index is 328. The summed E-state index contributed by atoms with van der Waals surface area (Å²) in [5.74, 6) is 0. The van der Waals surface area contributed by atoms with Crippen LogP contribution in [-0.2, 0) is 6.54 Å². The second kappa shape index (κ2) is 5.63. The Morgan fingerprint density at radius 1 is 1.50 bits per heavy atom. The van der Waals surface area contributed by atoms with Crippen LogP contribution in [0.3, 0.4) is 0 Å². The fourth-order valence-electron chi connectivity index (χ4n) is 2.24. The maximum atomic E-state index is 5.84. The van der Waals surface area contributed by atoms with Gasteiger partial charge in [0.25, 0.3) is 0 Å². The van der Waals surface area contributed by atoms with Gasteiger partial charge in [-0.2, -0.15) is 0 Å². The summed E-state index contributed by atoms with van der Waals surface area (Å²) in [6, 6.07) is 2.11. The van der Waals surface area contributed by atoms with Crippen LogP contribution in [0, 0.1) is 5.41 Å². The number of nitrogens with one attached hydrogen (secondary N) is 1. The van der Waals surface area contributed by atoms with E-state index in [1.807, 2.05) is 0 Å². The van der Waals surface area contributed by atoms with Gasteiger partial charge in [-0.1, -0.05) is 6.42 Å². The topological polar surface area (TPSA) is 38.0 Å². The molecule has 0 radical (unpaired) electrons. The third kappa shape index (κ3) is 2.86. The van der Waals surface area contributed by atoms with Gasteiger partial charge in [-0.25, -0.2) is 0 Å². The molecule has 1 heterocycles. The lowest BCUT2D eigenvalue weighted by Crippen LogP contribution is -2.39. The Labute approximate surface area is 110 Å². The third-order valence-electron chi connectivity index (χ3n) is 3.66. The van der Waals surface area contributed by atoms with Crippen molar-refractivity contribution in [2.45, 2.75) is 32.2 Å². The minimum absolute atomic E-state index is 0.472. The first kappa shape index (κ1) is 12.6. The van der Waals surface area contributed by atoms with Crippen molar-refractivity contribution in [3.8, 4) is 0 Å². The van der Waals surface area contributed by atoms with Gasteiger partial charge in [-0.15, -0.1) is 11.3 Å². The van der Waals surface area contributed by atoms with E-state index in [4.69, 9.17) is 5.73 Å². The van der Waals surface area contributed by atoms with Crippen LogP contribution in [-0.4, -0.2) is 13.1 Å². The van der Waals surface area contributed by atoms with E-state index in [0.717, 1.165) is 19.6 Å². The molecule has 16 heavy (non-hydrogen) atoms. The molecule has 3 N–H and O–H groups in total. The number of rotatable bonds is 6. The molecule has 1 aromatic rings. The SMILES string of the molecule is NCC1(CCNCc2sccc2Br)CCC1. The van der Waals surface area contributed by atoms with Crippen molar-refractivity contribution in [2.75, 3.05) is 13.1 Å². The van der Waals surface area contributed by atoms with E-state index >= 15 is 0 Å². The van der Waals surface area contributed by atoms with E-state index in [-0.39, 0.29) is 0 Å². The monoisotopic (exact) mass is 302 g/mol. The number of nitrogens with two attached hydrogens (primary N) is 1. The highest BCUT2D eigenvalue weighted by Crippen LogP contribution is 2.42. The molecule has 2 nitrogen and oxygen atoms in total. The summed E-state index contributed by atoms with van der Waals surface area (Å²) in [5.41, 5.74) is 6.31. The summed E-state index contributed by atoms with van der Waals surface area (Å²) in [5, 5.41) is 5.63. The first-order chi connectivity index (χ1) is 7.76. The van der Waals surface area contributed by atoms with Gasteiger partial charge in [0.1, 0.15) is 0 Å². The molecular weight excluding hydrogens is 284 g/mol. The summed E-state index contributed by atoms with van der Waals surface area (Å²) in [6.45, 7) is 2.91. The van der Waals surface area contributed by atoms with Crippen LogP contribution in [0.5, 0.6) is 0 Å². The molecule has 4 heteroatoms. The molecule has 0 amide bonds. The summed E-state index contributed by atoms with van der Waals surface area (Å²) < 4.78 is 1.22. The normalized spacial score (nSPS) is 18.4. The van der Waals surface area contributed by atoms with Gasteiger partial charge in [0, 0.05) is 15.9 Å². The average molecular weight is 303 g/mol. The van der Waals surface area contributed by atoms with Crippen LogP contribution >= 0.6 is 27.3 Å². The predicted molar refractivity (Wildman–Crippen MR) is 73.7 cm³/mol. The van der Waals surface area contributed by atoms with Crippen molar-refractivity contribution in [2.24, 2.45) is 11.1 Å². The van der Waals surface area contributed by atoms with Gasteiger partial charge in [0.05, 0.1) is 0 Å². The van der Waals surface area contributed by atoms with Crippen molar-refractivity contribution in [1.82, 2.24) is 5.32 Å². The first-order valence-electron chi connectivity index (χ1n) is 5.88. The van der Waals surface area contributed by atoms with E-state index in [1.54, 1.807) is 11.3 Å². The molecule has 1 aliphatic rings. The van der Waals surface area contributed by atoms with E-state index in [1.165, 1.54) is 35.0 Å². The number of halogens is 1. The lowest BCUT2D eigenvalue weighted by Gasteiger charge is -2.41. The van der Waals surface area contributed by atoms with E-state index in [2.05, 4.69) is 32.7 Å². The fraction of sp³-hybridized carbons (Fsp3) is 0.667. The molecule has 0 aliphatic heterocycles. The van der Waals surface area contributed by atoms with Gasteiger partial charge >= 0.3 is 0 Å². The zero-order valence-electron chi connectivity index (χ0n) is 9.47. The minimum Gasteiger partial charge on any atom is -0.330 e. The molecule has 1 aromatic heterocycles. The van der Waals surface area contributed by atoms with E-state index in [9.17, 15) is 0 Å². The Hall–Kier alpha value is 0.100. The molecule has 0 atom stereocenters. The summed E-state index contributed by atoms with van der Waals surface area (Å²) in [4.78, 5) is 1.38. The second-order valence-electron chi connectivity index (χ2n) is 4.68. The highest BCUT2D eigenvalue weighted by molar-refractivity contribution is 9.10. The van der Waals surface area contributed by atoms with Crippen molar-refractivity contribution < 1.29 is 0 Å². The fourth-order valence-corrected chi connectivity index (χ4v) is 3.70. The molecule has 0 aromatic carbocycles. The maximum Gasteiger partial charge on any atom is 0.0327 e. The third-order valence-corrected chi connectivity index (χ3v) is 5.58. The summed E-state index contributed by atoms with van der Waals surface area (Å²) in [7, 11) is 0. The lowest BCUT2D eigenvalue weighted by atomic mass is 9.67. The molecule has 0 saturated heterocycles. The van der Waals surface area contributed by atoms with Crippen molar-refractivity contribution in [1.29, 1.82) is 0 Å². The van der Waals surface area contributed by atoms with Gasteiger partial charge in [-0.05, 0) is 65.1 Å². The zero-order valence-corrected chi connectivity index (χ0v) is 11.9. The van der Waals surface area contributed by atoms with E-state index in [0.29, 0.717) is 5.41 Å². The minimum atomic E-state index is 0.472. The molecule has 1 aliphatic carbocycles. The van der Waals surface area contributed by atoms with Crippen LogP contribution < -0.4 is 11.1 Å². The van der Waals surface area contributed by atoms with Gasteiger partial charge in [0.15, 0.2) is 0 Å². The summed E-state index contributed by atoms with van der Waals surface area (Å²) >= 11 is 5.35. The van der Waals surface area contributed by atoms with Crippen LogP contribution in [0.2, 0.25) is 0 Å². The molecular formula is C12H19BrN2S. The Morgan fingerprint density at radius 3 is 2.81 bits per heavy atom. The summed E-state index contributed by atoms with van der Waals surface area (Å²) in [6.07, 6.45) is 5.25. The van der Waals surface area contributed by atoms with Crippen molar-refractivity contribution >= 4 is 27.3 Å². The van der Waals surface area contributed by atoms with Crippen LogP contribution in [0.1, 0.15) is 30.6 Å². The quantitative estimate of drug-likeness (QED) is 0.792. The van der Waals surface area contributed by atoms with Gasteiger partial charge < -0.3 is 11.1 Å². The molecule has 1 fully saturated rings. The smallest absolute Gasteiger partial charge is 0.0327 e. The Balaban J connectivity index is 1.67.